The lowest BCUT2D eigenvalue weighted by molar-refractivity contribution is 0.595. The van der Waals surface area contributed by atoms with Gasteiger partial charge in [-0.3, -0.25) is 9.71 Å². The molecule has 3 aromatic heterocycles. The average molecular weight is 446 g/mol. The van der Waals surface area contributed by atoms with Gasteiger partial charge in [-0.15, -0.1) is 10.2 Å². The van der Waals surface area contributed by atoms with Crippen molar-refractivity contribution < 1.29 is 12.8 Å². The minimum Gasteiger partial charge on any atom is -0.280 e. The lowest BCUT2D eigenvalue weighted by Crippen LogP contribution is -2.13. The first kappa shape index (κ1) is 19.8. The van der Waals surface area contributed by atoms with Gasteiger partial charge in [-0.25, -0.2) is 12.8 Å². The molecule has 0 fully saturated rings. The summed E-state index contributed by atoms with van der Waals surface area (Å²) in [7, 11) is -3.90. The number of nitrogens with one attached hydrogen (secondary N) is 1. The van der Waals surface area contributed by atoms with E-state index in [1.165, 1.54) is 18.2 Å². The van der Waals surface area contributed by atoms with E-state index in [-0.39, 0.29) is 4.90 Å². The summed E-state index contributed by atoms with van der Waals surface area (Å²) in [6.07, 6.45) is 3.34. The van der Waals surface area contributed by atoms with E-state index in [0.29, 0.717) is 22.9 Å². The van der Waals surface area contributed by atoms with Crippen molar-refractivity contribution in [2.45, 2.75) is 4.90 Å². The van der Waals surface area contributed by atoms with Gasteiger partial charge < -0.3 is 0 Å². The largest absolute Gasteiger partial charge is 0.280 e. The Hall–Kier alpha value is -4.18. The second kappa shape index (κ2) is 7.82. The predicted octanol–water partition coefficient (Wildman–Crippen LogP) is 3.79. The van der Waals surface area contributed by atoms with Crippen LogP contribution in [0.5, 0.6) is 0 Å². The van der Waals surface area contributed by atoms with Crippen molar-refractivity contribution in [2.75, 3.05) is 4.72 Å². The van der Waals surface area contributed by atoms with Gasteiger partial charge in [0.25, 0.3) is 10.0 Å². The molecular formula is C22H15FN6O2S. The lowest BCUT2D eigenvalue weighted by Gasteiger charge is -2.09. The Bertz CT molecular complexity index is 1520. The van der Waals surface area contributed by atoms with Gasteiger partial charge in [0, 0.05) is 29.2 Å². The van der Waals surface area contributed by atoms with Crippen LogP contribution >= 0.6 is 0 Å². The van der Waals surface area contributed by atoms with Crippen molar-refractivity contribution in [3.05, 3.63) is 91.0 Å². The molecule has 5 aromatic rings. The second-order valence-electron chi connectivity index (χ2n) is 6.89. The average Bonchev–Trinajstić information content (AvgIpc) is 3.23. The van der Waals surface area contributed by atoms with Crippen LogP contribution in [0.25, 0.3) is 28.3 Å². The van der Waals surface area contributed by atoms with Crippen molar-refractivity contribution in [1.82, 2.24) is 24.8 Å². The third-order valence-electron chi connectivity index (χ3n) is 4.74. The molecule has 10 heteroatoms. The minimum absolute atomic E-state index is 0.148. The van der Waals surface area contributed by atoms with E-state index in [4.69, 9.17) is 0 Å². The molecule has 0 saturated carbocycles. The normalized spacial score (nSPS) is 11.5. The number of halogens is 1. The fourth-order valence-electron chi connectivity index (χ4n) is 3.18. The van der Waals surface area contributed by atoms with Crippen LogP contribution in [0.2, 0.25) is 0 Å². The molecule has 0 saturated heterocycles. The zero-order valence-electron chi connectivity index (χ0n) is 16.4. The van der Waals surface area contributed by atoms with Gasteiger partial charge in [0.15, 0.2) is 11.5 Å². The van der Waals surface area contributed by atoms with Crippen LogP contribution in [0, 0.1) is 5.82 Å². The first-order valence-electron chi connectivity index (χ1n) is 9.51. The highest BCUT2D eigenvalue weighted by Gasteiger charge is 2.15. The quantitative estimate of drug-likeness (QED) is 0.441. The number of benzene rings is 2. The van der Waals surface area contributed by atoms with E-state index in [0.717, 1.165) is 17.2 Å². The number of nitrogens with zero attached hydrogens (tertiary/aromatic N) is 5. The molecule has 0 amide bonds. The molecule has 5 rings (SSSR count). The van der Waals surface area contributed by atoms with Gasteiger partial charge >= 0.3 is 0 Å². The highest BCUT2D eigenvalue weighted by Crippen LogP contribution is 2.24. The van der Waals surface area contributed by atoms with Gasteiger partial charge in [-0.1, -0.05) is 18.2 Å². The molecule has 3 heterocycles. The molecule has 8 nitrogen and oxygen atoms in total. The highest BCUT2D eigenvalue weighted by atomic mass is 32.2. The fraction of sp³-hybridized carbons (Fsp3) is 0. The summed E-state index contributed by atoms with van der Waals surface area (Å²) >= 11 is 0. The molecule has 0 atom stereocenters. The fourth-order valence-corrected chi connectivity index (χ4v) is 4.27. The summed E-state index contributed by atoms with van der Waals surface area (Å²) in [4.78, 5) is 3.86. The van der Waals surface area contributed by atoms with Gasteiger partial charge in [0.05, 0.1) is 10.6 Å². The predicted molar refractivity (Wildman–Crippen MR) is 117 cm³/mol. The van der Waals surface area contributed by atoms with Gasteiger partial charge in [-0.2, -0.15) is 9.61 Å². The van der Waals surface area contributed by atoms with Crippen molar-refractivity contribution in [3.63, 3.8) is 0 Å². The van der Waals surface area contributed by atoms with E-state index in [1.807, 2.05) is 18.2 Å². The molecule has 0 unspecified atom stereocenters. The number of anilines is 1. The number of pyridine rings is 1. The maximum atomic E-state index is 13.4. The molecule has 32 heavy (non-hydrogen) atoms. The summed E-state index contributed by atoms with van der Waals surface area (Å²) in [6.45, 7) is 0. The van der Waals surface area contributed by atoms with E-state index < -0.39 is 15.8 Å². The number of aromatic nitrogens is 5. The molecule has 158 valence electrons. The van der Waals surface area contributed by atoms with Crippen LogP contribution in [0.1, 0.15) is 0 Å². The SMILES string of the molecule is O=S(=O)(Nc1ccc(-c2ccc3nnc(-c4ccncc4)n3n2)cc1)c1cccc(F)c1. The lowest BCUT2D eigenvalue weighted by atomic mass is 10.1. The van der Waals surface area contributed by atoms with Crippen LogP contribution < -0.4 is 4.72 Å². The summed E-state index contributed by atoms with van der Waals surface area (Å²) in [5.74, 6) is -0.0338. The summed E-state index contributed by atoms with van der Waals surface area (Å²) in [5, 5.41) is 13.0. The Morgan fingerprint density at radius 3 is 2.38 bits per heavy atom. The third-order valence-corrected chi connectivity index (χ3v) is 6.12. The monoisotopic (exact) mass is 446 g/mol. The topological polar surface area (TPSA) is 102 Å². The number of sulfonamides is 1. The third kappa shape index (κ3) is 3.79. The van der Waals surface area contributed by atoms with E-state index in [1.54, 1.807) is 47.2 Å². The standard InChI is InChI=1S/C22H15FN6O2S/c23-17-2-1-3-19(14-17)32(30,31)28-18-6-4-15(5-7-18)20-8-9-21-25-26-22(29(21)27-20)16-10-12-24-13-11-16/h1-14,28H. The number of rotatable bonds is 5. The summed E-state index contributed by atoms with van der Waals surface area (Å²) in [6, 6.07) is 18.8. The zero-order valence-corrected chi connectivity index (χ0v) is 17.2. The Labute approximate surface area is 182 Å². The van der Waals surface area contributed by atoms with Crippen LogP contribution in [-0.4, -0.2) is 33.2 Å². The maximum absolute atomic E-state index is 13.4. The van der Waals surface area contributed by atoms with Gasteiger partial charge in [0.2, 0.25) is 0 Å². The van der Waals surface area contributed by atoms with E-state index in [9.17, 15) is 12.8 Å². The molecule has 0 bridgehead atoms. The Morgan fingerprint density at radius 2 is 1.62 bits per heavy atom. The Morgan fingerprint density at radius 1 is 0.844 bits per heavy atom. The van der Waals surface area contributed by atoms with Crippen LogP contribution in [0.3, 0.4) is 0 Å². The molecule has 0 spiro atoms. The van der Waals surface area contributed by atoms with Crippen LogP contribution in [0.4, 0.5) is 10.1 Å². The van der Waals surface area contributed by atoms with E-state index in [2.05, 4.69) is 25.0 Å². The number of hydrogen-bond donors (Lipinski definition) is 1. The Balaban J connectivity index is 1.44. The zero-order chi connectivity index (χ0) is 22.1. The first-order valence-corrected chi connectivity index (χ1v) is 11.0. The molecule has 2 aromatic carbocycles. The van der Waals surface area contributed by atoms with Crippen LogP contribution in [0.15, 0.2) is 90.1 Å². The summed E-state index contributed by atoms with van der Waals surface area (Å²) in [5.41, 5.74) is 3.21. The number of hydrogen-bond acceptors (Lipinski definition) is 6. The maximum Gasteiger partial charge on any atom is 0.261 e. The summed E-state index contributed by atoms with van der Waals surface area (Å²) < 4.78 is 42.5. The van der Waals surface area contributed by atoms with Crippen molar-refractivity contribution in [1.29, 1.82) is 0 Å². The molecule has 0 aliphatic rings. The molecular weight excluding hydrogens is 431 g/mol. The highest BCUT2D eigenvalue weighted by molar-refractivity contribution is 7.92. The molecule has 0 aliphatic carbocycles. The van der Waals surface area contributed by atoms with Crippen LogP contribution in [-0.2, 0) is 10.0 Å². The van der Waals surface area contributed by atoms with Crippen molar-refractivity contribution >= 4 is 21.4 Å². The molecule has 0 radical (unpaired) electrons. The first-order chi connectivity index (χ1) is 15.5. The number of fused-ring (bicyclic) bond motifs is 1. The van der Waals surface area contributed by atoms with Gasteiger partial charge in [-0.05, 0) is 54.6 Å². The smallest absolute Gasteiger partial charge is 0.261 e. The van der Waals surface area contributed by atoms with Crippen molar-refractivity contribution in [3.8, 4) is 22.6 Å². The Kier molecular flexibility index (Phi) is 4.83. The van der Waals surface area contributed by atoms with Gasteiger partial charge in [0.1, 0.15) is 5.82 Å². The molecule has 0 aliphatic heterocycles. The van der Waals surface area contributed by atoms with E-state index >= 15 is 0 Å². The second-order valence-corrected chi connectivity index (χ2v) is 8.57. The molecule has 1 N–H and O–H groups in total. The minimum atomic E-state index is -3.90. The van der Waals surface area contributed by atoms with Crippen molar-refractivity contribution in [2.24, 2.45) is 0 Å².